The fraction of sp³-hybridized carbons (Fsp3) is 0.0625. The number of carbonyl (C=O) groups excluding carboxylic acids is 1. The highest BCUT2D eigenvalue weighted by molar-refractivity contribution is 7.10. The Kier molecular flexibility index (Phi) is 5.10. The molecule has 2 aromatic rings. The summed E-state index contributed by atoms with van der Waals surface area (Å²) < 4.78 is 13.3. The van der Waals surface area contributed by atoms with Crippen LogP contribution in [0.25, 0.3) is 6.08 Å². The standard InChI is InChI=1S/C16H12FNOS/c17-15-8-2-1-5-13(15)6-3-11-18-16(19)10-9-14-7-4-12-20-14/h1-2,4-5,7-10,12H,11H2,(H,18,19)/b10-9+. The van der Waals surface area contributed by atoms with Crippen molar-refractivity contribution in [3.63, 3.8) is 0 Å². The quantitative estimate of drug-likeness (QED) is 0.681. The molecule has 1 aromatic heterocycles. The van der Waals surface area contributed by atoms with Gasteiger partial charge in [0.25, 0.3) is 0 Å². The number of rotatable bonds is 3. The molecule has 0 unspecified atom stereocenters. The molecule has 0 aliphatic heterocycles. The van der Waals surface area contributed by atoms with Crippen molar-refractivity contribution in [2.45, 2.75) is 0 Å². The first kappa shape index (κ1) is 14.0. The molecule has 0 aliphatic carbocycles. The van der Waals surface area contributed by atoms with Crippen molar-refractivity contribution in [3.8, 4) is 11.8 Å². The molecule has 100 valence electrons. The number of amides is 1. The van der Waals surface area contributed by atoms with Crippen LogP contribution in [0.4, 0.5) is 4.39 Å². The summed E-state index contributed by atoms with van der Waals surface area (Å²) in [5.41, 5.74) is 0.330. The highest BCUT2D eigenvalue weighted by Gasteiger charge is 1.95. The molecule has 0 bridgehead atoms. The van der Waals surface area contributed by atoms with Crippen molar-refractivity contribution in [1.29, 1.82) is 0 Å². The fourth-order valence-corrected chi connectivity index (χ4v) is 2.05. The molecule has 4 heteroatoms. The van der Waals surface area contributed by atoms with Crippen LogP contribution >= 0.6 is 11.3 Å². The van der Waals surface area contributed by atoms with Gasteiger partial charge in [-0.05, 0) is 29.7 Å². The zero-order valence-electron chi connectivity index (χ0n) is 10.6. The van der Waals surface area contributed by atoms with Crippen molar-refractivity contribution in [1.82, 2.24) is 5.32 Å². The Bertz CT molecular complexity index is 665. The predicted molar refractivity (Wildman–Crippen MR) is 79.6 cm³/mol. The monoisotopic (exact) mass is 285 g/mol. The average molecular weight is 285 g/mol. The molecule has 0 atom stereocenters. The van der Waals surface area contributed by atoms with E-state index in [0.29, 0.717) is 5.56 Å². The summed E-state index contributed by atoms with van der Waals surface area (Å²) in [6.45, 7) is 0.182. The predicted octanol–water partition coefficient (Wildman–Crippen LogP) is 3.07. The van der Waals surface area contributed by atoms with Gasteiger partial charge in [-0.1, -0.05) is 30.0 Å². The van der Waals surface area contributed by atoms with Crippen LogP contribution in [0.1, 0.15) is 10.4 Å². The maximum absolute atomic E-state index is 13.3. The van der Waals surface area contributed by atoms with Crippen molar-refractivity contribution in [2.24, 2.45) is 0 Å². The van der Waals surface area contributed by atoms with E-state index in [9.17, 15) is 9.18 Å². The summed E-state index contributed by atoms with van der Waals surface area (Å²) in [4.78, 5) is 12.5. The molecule has 1 aromatic carbocycles. The van der Waals surface area contributed by atoms with Crippen LogP contribution in [-0.2, 0) is 4.79 Å². The fourth-order valence-electron chi connectivity index (χ4n) is 1.44. The number of thiophene rings is 1. The third-order valence-corrected chi connectivity index (χ3v) is 3.23. The topological polar surface area (TPSA) is 29.1 Å². The number of nitrogens with one attached hydrogen (secondary N) is 1. The van der Waals surface area contributed by atoms with Gasteiger partial charge >= 0.3 is 0 Å². The molecule has 0 radical (unpaired) electrons. The summed E-state index contributed by atoms with van der Waals surface area (Å²) >= 11 is 1.56. The second-order valence-electron chi connectivity index (χ2n) is 3.85. The molecule has 20 heavy (non-hydrogen) atoms. The van der Waals surface area contributed by atoms with Crippen molar-refractivity contribution >= 4 is 23.3 Å². The maximum Gasteiger partial charge on any atom is 0.244 e. The highest BCUT2D eigenvalue weighted by atomic mass is 32.1. The minimum Gasteiger partial charge on any atom is -0.342 e. The van der Waals surface area contributed by atoms with Crippen LogP contribution in [0.3, 0.4) is 0 Å². The largest absolute Gasteiger partial charge is 0.342 e. The van der Waals surface area contributed by atoms with E-state index in [2.05, 4.69) is 17.2 Å². The third kappa shape index (κ3) is 4.38. The lowest BCUT2D eigenvalue weighted by atomic mass is 10.2. The molecule has 1 amide bonds. The number of hydrogen-bond acceptors (Lipinski definition) is 2. The Balaban J connectivity index is 1.82. The van der Waals surface area contributed by atoms with E-state index in [0.717, 1.165) is 4.88 Å². The minimum absolute atomic E-state index is 0.182. The second kappa shape index (κ2) is 7.27. The summed E-state index contributed by atoms with van der Waals surface area (Å²) in [6.07, 6.45) is 3.20. The summed E-state index contributed by atoms with van der Waals surface area (Å²) in [6, 6.07) is 10.1. The molecule has 1 N–H and O–H groups in total. The lowest BCUT2D eigenvalue weighted by Crippen LogP contribution is -2.20. The Morgan fingerprint density at radius 3 is 2.90 bits per heavy atom. The molecule has 1 heterocycles. The smallest absolute Gasteiger partial charge is 0.244 e. The van der Waals surface area contributed by atoms with E-state index in [4.69, 9.17) is 0 Å². The zero-order chi connectivity index (χ0) is 14.2. The van der Waals surface area contributed by atoms with E-state index in [1.54, 1.807) is 35.6 Å². The first-order chi connectivity index (χ1) is 9.75. The van der Waals surface area contributed by atoms with Crippen LogP contribution in [-0.4, -0.2) is 12.5 Å². The third-order valence-electron chi connectivity index (χ3n) is 2.39. The van der Waals surface area contributed by atoms with Gasteiger partial charge in [-0.2, -0.15) is 0 Å². The van der Waals surface area contributed by atoms with Crippen LogP contribution in [0.2, 0.25) is 0 Å². The number of hydrogen-bond donors (Lipinski definition) is 1. The first-order valence-electron chi connectivity index (χ1n) is 5.98. The molecule has 0 fully saturated rings. The number of carbonyl (C=O) groups is 1. The van der Waals surface area contributed by atoms with Gasteiger partial charge in [0.05, 0.1) is 12.1 Å². The Morgan fingerprint density at radius 1 is 1.30 bits per heavy atom. The van der Waals surface area contributed by atoms with Crippen molar-refractivity contribution in [2.75, 3.05) is 6.54 Å². The van der Waals surface area contributed by atoms with Gasteiger partial charge in [0.15, 0.2) is 0 Å². The van der Waals surface area contributed by atoms with Gasteiger partial charge in [0.2, 0.25) is 5.91 Å². The van der Waals surface area contributed by atoms with E-state index >= 15 is 0 Å². The van der Waals surface area contributed by atoms with Gasteiger partial charge in [-0.3, -0.25) is 4.79 Å². The van der Waals surface area contributed by atoms with Gasteiger partial charge < -0.3 is 5.32 Å². The van der Waals surface area contributed by atoms with Crippen LogP contribution in [0.5, 0.6) is 0 Å². The van der Waals surface area contributed by atoms with Crippen molar-refractivity contribution < 1.29 is 9.18 Å². The highest BCUT2D eigenvalue weighted by Crippen LogP contribution is 2.09. The summed E-state index contributed by atoms with van der Waals surface area (Å²) in [5, 5.41) is 4.56. The molecule has 0 aliphatic rings. The number of benzene rings is 1. The summed E-state index contributed by atoms with van der Waals surface area (Å²) in [7, 11) is 0. The van der Waals surface area contributed by atoms with Crippen LogP contribution in [0, 0.1) is 17.7 Å². The van der Waals surface area contributed by atoms with Gasteiger partial charge in [0.1, 0.15) is 5.82 Å². The first-order valence-corrected chi connectivity index (χ1v) is 6.86. The van der Waals surface area contributed by atoms with Crippen molar-refractivity contribution in [3.05, 3.63) is 64.1 Å². The lowest BCUT2D eigenvalue weighted by molar-refractivity contribution is -0.116. The molecule has 0 saturated carbocycles. The van der Waals surface area contributed by atoms with E-state index in [1.807, 2.05) is 17.5 Å². The van der Waals surface area contributed by atoms with Gasteiger partial charge in [-0.15, -0.1) is 11.3 Å². The number of halogens is 1. The Labute approximate surface area is 121 Å². The molecule has 0 saturated heterocycles. The molecule has 2 rings (SSSR count). The van der Waals surface area contributed by atoms with E-state index in [-0.39, 0.29) is 18.3 Å². The summed E-state index contributed by atoms with van der Waals surface area (Å²) in [5.74, 6) is 4.81. The second-order valence-corrected chi connectivity index (χ2v) is 4.83. The molecular weight excluding hydrogens is 273 g/mol. The lowest BCUT2D eigenvalue weighted by Gasteiger charge is -1.94. The average Bonchev–Trinajstić information content (AvgIpc) is 2.96. The van der Waals surface area contributed by atoms with E-state index < -0.39 is 0 Å². The van der Waals surface area contributed by atoms with Gasteiger partial charge in [-0.25, -0.2) is 4.39 Å². The Morgan fingerprint density at radius 2 is 2.15 bits per heavy atom. The maximum atomic E-state index is 13.3. The minimum atomic E-state index is -0.357. The van der Waals surface area contributed by atoms with Crippen LogP contribution < -0.4 is 5.32 Å². The molecular formula is C16H12FNOS. The molecule has 2 nitrogen and oxygen atoms in total. The molecule has 0 spiro atoms. The Hall–Kier alpha value is -2.38. The van der Waals surface area contributed by atoms with Gasteiger partial charge in [0, 0.05) is 11.0 Å². The van der Waals surface area contributed by atoms with E-state index in [1.165, 1.54) is 12.1 Å². The SMILES string of the molecule is O=C(/C=C/c1cccs1)NCC#Cc1ccccc1F. The van der Waals surface area contributed by atoms with Crippen LogP contribution in [0.15, 0.2) is 47.9 Å². The zero-order valence-corrected chi connectivity index (χ0v) is 11.4. The normalized spacial score (nSPS) is 10.1.